The maximum atomic E-state index is 6.02. The molecule has 0 amide bonds. The summed E-state index contributed by atoms with van der Waals surface area (Å²) in [6.07, 6.45) is 4.50. The van der Waals surface area contributed by atoms with Gasteiger partial charge in [0.1, 0.15) is 0 Å². The van der Waals surface area contributed by atoms with Gasteiger partial charge in [0.05, 0.1) is 0 Å². The van der Waals surface area contributed by atoms with Gasteiger partial charge >= 0.3 is 0 Å². The lowest BCUT2D eigenvalue weighted by Gasteiger charge is -2.28. The van der Waals surface area contributed by atoms with Crippen LogP contribution in [0.1, 0.15) is 46.5 Å². The Kier molecular flexibility index (Phi) is 4.80. The third-order valence-electron chi connectivity index (χ3n) is 3.62. The Morgan fingerprint density at radius 3 is 2.74 bits per heavy atom. The Morgan fingerprint density at radius 2 is 2.05 bits per heavy atom. The van der Waals surface area contributed by atoms with Gasteiger partial charge in [-0.3, -0.25) is 0 Å². The molecular formula is C13H22ClN5. The van der Waals surface area contributed by atoms with Crippen LogP contribution < -0.4 is 10.2 Å². The Balaban J connectivity index is 2.25. The second kappa shape index (κ2) is 6.37. The van der Waals surface area contributed by atoms with Gasteiger partial charge < -0.3 is 10.2 Å². The molecule has 0 saturated carbocycles. The molecule has 2 rings (SSSR count). The highest BCUT2D eigenvalue weighted by Crippen LogP contribution is 2.30. The Bertz CT molecular complexity index is 425. The summed E-state index contributed by atoms with van der Waals surface area (Å²) in [4.78, 5) is 15.2. The van der Waals surface area contributed by atoms with E-state index < -0.39 is 0 Å². The average molecular weight is 284 g/mol. The third-order valence-corrected chi connectivity index (χ3v) is 3.79. The fourth-order valence-electron chi connectivity index (χ4n) is 2.60. The molecule has 2 atom stereocenters. The van der Waals surface area contributed by atoms with Gasteiger partial charge in [0.2, 0.25) is 17.2 Å². The van der Waals surface area contributed by atoms with Gasteiger partial charge in [0, 0.05) is 18.6 Å². The third kappa shape index (κ3) is 3.26. The normalized spacial score (nSPS) is 22.8. The van der Waals surface area contributed by atoms with E-state index in [0.29, 0.717) is 24.0 Å². The first-order valence-electron chi connectivity index (χ1n) is 7.09. The van der Waals surface area contributed by atoms with E-state index in [2.05, 4.69) is 45.9 Å². The van der Waals surface area contributed by atoms with E-state index in [1.54, 1.807) is 0 Å². The van der Waals surface area contributed by atoms with Crippen LogP contribution in [0.3, 0.4) is 0 Å². The van der Waals surface area contributed by atoms with E-state index in [9.17, 15) is 0 Å². The number of hydrogen-bond acceptors (Lipinski definition) is 5. The summed E-state index contributed by atoms with van der Waals surface area (Å²) in [7, 11) is 0. The summed E-state index contributed by atoms with van der Waals surface area (Å²) in [6.45, 7) is 7.36. The molecule has 5 nitrogen and oxygen atoms in total. The minimum atomic E-state index is 0.262. The van der Waals surface area contributed by atoms with Gasteiger partial charge in [-0.1, -0.05) is 13.8 Å². The van der Waals surface area contributed by atoms with Gasteiger partial charge in [-0.25, -0.2) is 0 Å². The SMILES string of the molecule is CCCNc1nc(Cl)nc(N2C(C)CCC2CC)n1. The topological polar surface area (TPSA) is 53.9 Å². The Labute approximate surface area is 119 Å². The van der Waals surface area contributed by atoms with E-state index in [-0.39, 0.29) is 5.28 Å². The van der Waals surface area contributed by atoms with Crippen molar-refractivity contribution in [2.75, 3.05) is 16.8 Å². The molecule has 1 fully saturated rings. The number of rotatable bonds is 5. The van der Waals surface area contributed by atoms with Crippen LogP contribution in [0.2, 0.25) is 5.28 Å². The molecule has 0 aromatic carbocycles. The molecule has 0 spiro atoms. The van der Waals surface area contributed by atoms with Crippen LogP contribution in [0.5, 0.6) is 0 Å². The number of nitrogens with one attached hydrogen (secondary N) is 1. The zero-order chi connectivity index (χ0) is 13.8. The molecule has 1 aliphatic rings. The van der Waals surface area contributed by atoms with Crippen molar-refractivity contribution in [3.63, 3.8) is 0 Å². The van der Waals surface area contributed by atoms with E-state index in [4.69, 9.17) is 11.6 Å². The molecule has 6 heteroatoms. The molecule has 0 radical (unpaired) electrons. The fraction of sp³-hybridized carbons (Fsp3) is 0.769. The number of halogens is 1. The minimum Gasteiger partial charge on any atom is -0.354 e. The van der Waals surface area contributed by atoms with E-state index in [1.807, 2.05) is 0 Å². The zero-order valence-electron chi connectivity index (χ0n) is 11.9. The largest absolute Gasteiger partial charge is 0.354 e. The van der Waals surface area contributed by atoms with Crippen LogP contribution in [0.4, 0.5) is 11.9 Å². The molecule has 1 saturated heterocycles. The van der Waals surface area contributed by atoms with Crippen molar-refractivity contribution >= 4 is 23.5 Å². The van der Waals surface area contributed by atoms with Crippen LogP contribution in [-0.4, -0.2) is 33.6 Å². The van der Waals surface area contributed by atoms with Gasteiger partial charge in [-0.05, 0) is 44.2 Å². The molecule has 0 aliphatic carbocycles. The Hall–Kier alpha value is -1.10. The van der Waals surface area contributed by atoms with Gasteiger partial charge in [-0.2, -0.15) is 15.0 Å². The van der Waals surface area contributed by atoms with Crippen molar-refractivity contribution in [1.82, 2.24) is 15.0 Å². The quantitative estimate of drug-likeness (QED) is 0.900. The van der Waals surface area contributed by atoms with Crippen LogP contribution in [0, 0.1) is 0 Å². The van der Waals surface area contributed by atoms with Crippen LogP contribution >= 0.6 is 11.6 Å². The molecule has 1 aromatic rings. The average Bonchev–Trinajstić information content (AvgIpc) is 2.77. The first-order valence-corrected chi connectivity index (χ1v) is 7.47. The molecular weight excluding hydrogens is 262 g/mol. The highest BCUT2D eigenvalue weighted by atomic mass is 35.5. The molecule has 2 unspecified atom stereocenters. The monoisotopic (exact) mass is 283 g/mol. The van der Waals surface area contributed by atoms with Crippen molar-refractivity contribution in [3.8, 4) is 0 Å². The molecule has 2 heterocycles. The van der Waals surface area contributed by atoms with Crippen molar-refractivity contribution in [1.29, 1.82) is 0 Å². The van der Waals surface area contributed by atoms with Gasteiger partial charge in [0.25, 0.3) is 0 Å². The number of anilines is 2. The van der Waals surface area contributed by atoms with Crippen LogP contribution in [0.25, 0.3) is 0 Å². The first kappa shape index (κ1) is 14.3. The van der Waals surface area contributed by atoms with E-state index in [1.165, 1.54) is 12.8 Å². The predicted molar refractivity (Wildman–Crippen MR) is 78.9 cm³/mol. The molecule has 1 N–H and O–H groups in total. The fourth-order valence-corrected chi connectivity index (χ4v) is 2.76. The van der Waals surface area contributed by atoms with Crippen molar-refractivity contribution in [3.05, 3.63) is 5.28 Å². The predicted octanol–water partition coefficient (Wildman–Crippen LogP) is 3.11. The van der Waals surface area contributed by atoms with Gasteiger partial charge in [-0.15, -0.1) is 0 Å². The molecule has 19 heavy (non-hydrogen) atoms. The summed E-state index contributed by atoms with van der Waals surface area (Å²) in [5, 5.41) is 3.43. The lowest BCUT2D eigenvalue weighted by molar-refractivity contribution is 0.611. The standard InChI is InChI=1S/C13H22ClN5/c1-4-8-15-12-16-11(14)17-13(18-12)19-9(3)6-7-10(19)5-2/h9-10H,4-8H2,1-3H3,(H,15,16,17,18). The lowest BCUT2D eigenvalue weighted by Crippen LogP contribution is -2.35. The van der Waals surface area contributed by atoms with E-state index >= 15 is 0 Å². The molecule has 1 aromatic heterocycles. The highest BCUT2D eigenvalue weighted by Gasteiger charge is 2.31. The highest BCUT2D eigenvalue weighted by molar-refractivity contribution is 6.28. The summed E-state index contributed by atoms with van der Waals surface area (Å²) < 4.78 is 0. The van der Waals surface area contributed by atoms with E-state index in [0.717, 1.165) is 19.4 Å². The second-order valence-electron chi connectivity index (χ2n) is 5.05. The number of hydrogen-bond donors (Lipinski definition) is 1. The summed E-state index contributed by atoms with van der Waals surface area (Å²) >= 11 is 6.02. The summed E-state index contributed by atoms with van der Waals surface area (Å²) in [5.74, 6) is 1.28. The molecule has 1 aliphatic heterocycles. The molecule has 106 valence electrons. The smallest absolute Gasteiger partial charge is 0.231 e. The Morgan fingerprint density at radius 1 is 1.26 bits per heavy atom. The van der Waals surface area contributed by atoms with Crippen molar-refractivity contribution in [2.45, 2.75) is 58.5 Å². The van der Waals surface area contributed by atoms with Gasteiger partial charge in [0.15, 0.2) is 0 Å². The number of nitrogens with zero attached hydrogens (tertiary/aromatic N) is 4. The van der Waals surface area contributed by atoms with Crippen LogP contribution in [0.15, 0.2) is 0 Å². The maximum absolute atomic E-state index is 6.02. The number of aromatic nitrogens is 3. The minimum absolute atomic E-state index is 0.262. The zero-order valence-corrected chi connectivity index (χ0v) is 12.6. The van der Waals surface area contributed by atoms with Crippen molar-refractivity contribution in [2.24, 2.45) is 0 Å². The first-order chi connectivity index (χ1) is 9.15. The molecule has 0 bridgehead atoms. The maximum Gasteiger partial charge on any atom is 0.231 e. The van der Waals surface area contributed by atoms with Crippen LogP contribution in [-0.2, 0) is 0 Å². The lowest BCUT2D eigenvalue weighted by atomic mass is 10.2. The van der Waals surface area contributed by atoms with Crippen molar-refractivity contribution < 1.29 is 0 Å². The summed E-state index contributed by atoms with van der Waals surface area (Å²) in [6, 6.07) is 0.968. The second-order valence-corrected chi connectivity index (χ2v) is 5.39. The summed E-state index contributed by atoms with van der Waals surface area (Å²) in [5.41, 5.74) is 0.